The van der Waals surface area contributed by atoms with E-state index in [2.05, 4.69) is 15.2 Å². The lowest BCUT2D eigenvalue weighted by Crippen LogP contribution is -2.46. The number of piperidine rings is 1. The number of anilines is 1. The monoisotopic (exact) mass is 286 g/mol. The maximum Gasteiger partial charge on any atom is 0.204 e. The lowest BCUT2D eigenvalue weighted by Gasteiger charge is -2.36. The predicted molar refractivity (Wildman–Crippen MR) is 78.9 cm³/mol. The van der Waals surface area contributed by atoms with Crippen molar-refractivity contribution in [3.63, 3.8) is 0 Å². The number of furan rings is 1. The highest BCUT2D eigenvalue weighted by Crippen LogP contribution is 2.23. The molecule has 21 heavy (non-hydrogen) atoms. The van der Waals surface area contributed by atoms with Gasteiger partial charge in [-0.05, 0) is 26.0 Å². The zero-order valence-corrected chi connectivity index (χ0v) is 11.9. The average molecular weight is 286 g/mol. The predicted octanol–water partition coefficient (Wildman–Crippen LogP) is 1.57. The van der Waals surface area contributed by atoms with E-state index in [-0.39, 0.29) is 12.6 Å². The van der Waals surface area contributed by atoms with E-state index in [1.54, 1.807) is 12.3 Å². The minimum absolute atomic E-state index is 0.175. The van der Waals surface area contributed by atoms with Crippen molar-refractivity contribution in [1.29, 1.82) is 5.26 Å². The van der Waals surface area contributed by atoms with E-state index < -0.39 is 0 Å². The molecule has 0 radical (unpaired) electrons. The summed E-state index contributed by atoms with van der Waals surface area (Å²) in [5.74, 6) is 1.07. The van der Waals surface area contributed by atoms with E-state index in [1.165, 1.54) is 0 Å². The Bertz CT molecular complexity index is 676. The third-order valence-electron chi connectivity index (χ3n) is 4.09. The van der Waals surface area contributed by atoms with Crippen LogP contribution >= 0.6 is 0 Å². The molecule has 0 unspecified atom stereocenters. The van der Waals surface area contributed by atoms with E-state index in [4.69, 9.17) is 9.68 Å². The molecule has 0 amide bonds. The molecule has 0 aliphatic carbocycles. The standard InChI is InChI=1S/C15H18N4O2/c1-19-3-2-11(6-12(19)9-20)18-15-5-10-4-13(7-16)21-14(10)8-17-15/h4-5,8,11-12,20H,2-3,6,9H2,1H3,(H,17,18)/t11-,12+/m1/s1. The Morgan fingerprint density at radius 3 is 3.19 bits per heavy atom. The fourth-order valence-corrected chi connectivity index (χ4v) is 2.80. The summed E-state index contributed by atoms with van der Waals surface area (Å²) in [6, 6.07) is 6.09. The molecule has 3 rings (SSSR count). The quantitative estimate of drug-likeness (QED) is 0.890. The summed E-state index contributed by atoms with van der Waals surface area (Å²) >= 11 is 0. The Hall–Kier alpha value is -2.10. The maximum absolute atomic E-state index is 9.39. The van der Waals surface area contributed by atoms with Gasteiger partial charge in [0, 0.05) is 30.1 Å². The van der Waals surface area contributed by atoms with Gasteiger partial charge in [-0.3, -0.25) is 0 Å². The molecule has 2 atom stereocenters. The average Bonchev–Trinajstić information content (AvgIpc) is 2.91. The minimum Gasteiger partial charge on any atom is -0.444 e. The normalized spacial score (nSPS) is 23.1. The number of aliphatic hydroxyl groups is 1. The molecule has 3 heterocycles. The van der Waals surface area contributed by atoms with Gasteiger partial charge in [0.2, 0.25) is 5.76 Å². The van der Waals surface area contributed by atoms with E-state index in [9.17, 15) is 5.11 Å². The maximum atomic E-state index is 9.39. The number of likely N-dealkylation sites (N-methyl/N-ethyl adjacent to an activating group) is 1. The highest BCUT2D eigenvalue weighted by molar-refractivity contribution is 5.80. The summed E-state index contributed by atoms with van der Waals surface area (Å²) in [5.41, 5.74) is 0.619. The van der Waals surface area contributed by atoms with Crippen LogP contribution in [0.3, 0.4) is 0 Å². The topological polar surface area (TPSA) is 85.3 Å². The second kappa shape index (κ2) is 5.72. The van der Waals surface area contributed by atoms with E-state index in [0.29, 0.717) is 17.4 Å². The molecule has 1 saturated heterocycles. The molecule has 1 aliphatic rings. The van der Waals surface area contributed by atoms with Crippen molar-refractivity contribution in [3.8, 4) is 6.07 Å². The fourth-order valence-electron chi connectivity index (χ4n) is 2.80. The molecule has 6 heteroatoms. The summed E-state index contributed by atoms with van der Waals surface area (Å²) in [6.45, 7) is 1.13. The number of pyridine rings is 1. The molecule has 6 nitrogen and oxygen atoms in total. The second-order valence-electron chi connectivity index (χ2n) is 5.51. The van der Waals surface area contributed by atoms with Gasteiger partial charge in [0.15, 0.2) is 5.58 Å². The Balaban J connectivity index is 1.74. The smallest absolute Gasteiger partial charge is 0.204 e. The lowest BCUT2D eigenvalue weighted by molar-refractivity contribution is 0.108. The first-order chi connectivity index (χ1) is 10.2. The first-order valence-electron chi connectivity index (χ1n) is 7.07. The number of nitrogens with one attached hydrogen (secondary N) is 1. The van der Waals surface area contributed by atoms with Crippen LogP contribution in [0.15, 0.2) is 22.7 Å². The molecule has 1 fully saturated rings. The van der Waals surface area contributed by atoms with Crippen LogP contribution in [0.25, 0.3) is 11.0 Å². The number of aromatic nitrogens is 1. The van der Waals surface area contributed by atoms with Crippen LogP contribution in [-0.4, -0.2) is 47.3 Å². The van der Waals surface area contributed by atoms with Gasteiger partial charge in [-0.2, -0.15) is 5.26 Å². The molecule has 2 N–H and O–H groups in total. The van der Waals surface area contributed by atoms with Crippen LogP contribution in [0.5, 0.6) is 0 Å². The summed E-state index contributed by atoms with van der Waals surface area (Å²) < 4.78 is 5.32. The number of nitriles is 1. The van der Waals surface area contributed by atoms with E-state index in [0.717, 1.165) is 30.6 Å². The Morgan fingerprint density at radius 1 is 1.57 bits per heavy atom. The number of fused-ring (bicyclic) bond motifs is 1. The van der Waals surface area contributed by atoms with Crippen molar-refractivity contribution in [2.24, 2.45) is 0 Å². The van der Waals surface area contributed by atoms with Crippen molar-refractivity contribution >= 4 is 16.8 Å². The third-order valence-corrected chi connectivity index (χ3v) is 4.09. The summed E-state index contributed by atoms with van der Waals surface area (Å²) in [6.07, 6.45) is 3.54. The largest absolute Gasteiger partial charge is 0.444 e. The summed E-state index contributed by atoms with van der Waals surface area (Å²) in [7, 11) is 2.04. The van der Waals surface area contributed by atoms with Crippen LogP contribution in [0.1, 0.15) is 18.6 Å². The molecule has 2 aromatic heterocycles. The molecule has 0 saturated carbocycles. The van der Waals surface area contributed by atoms with Gasteiger partial charge >= 0.3 is 0 Å². The summed E-state index contributed by atoms with van der Waals surface area (Å²) in [4.78, 5) is 6.51. The van der Waals surface area contributed by atoms with Crippen molar-refractivity contribution in [1.82, 2.24) is 9.88 Å². The summed E-state index contributed by atoms with van der Waals surface area (Å²) in [5, 5.41) is 22.5. The van der Waals surface area contributed by atoms with Crippen LogP contribution in [0, 0.1) is 11.3 Å². The van der Waals surface area contributed by atoms with Crippen LogP contribution in [0.2, 0.25) is 0 Å². The van der Waals surface area contributed by atoms with Gasteiger partial charge < -0.3 is 19.7 Å². The number of nitrogens with zero attached hydrogens (tertiary/aromatic N) is 3. The van der Waals surface area contributed by atoms with Crippen LogP contribution < -0.4 is 5.32 Å². The van der Waals surface area contributed by atoms with Gasteiger partial charge in [-0.25, -0.2) is 4.98 Å². The SMILES string of the molecule is CN1CC[C@@H](Nc2cc3cc(C#N)oc3cn2)C[C@H]1CO. The third kappa shape index (κ3) is 2.84. The highest BCUT2D eigenvalue weighted by atomic mass is 16.3. The number of likely N-dealkylation sites (tertiary alicyclic amines) is 1. The van der Waals surface area contributed by atoms with Crippen molar-refractivity contribution in [2.75, 3.05) is 25.5 Å². The molecule has 1 aliphatic heterocycles. The van der Waals surface area contributed by atoms with Crippen molar-refractivity contribution in [2.45, 2.75) is 24.9 Å². The minimum atomic E-state index is 0.175. The van der Waals surface area contributed by atoms with Gasteiger partial charge in [0.1, 0.15) is 11.9 Å². The lowest BCUT2D eigenvalue weighted by atomic mass is 9.98. The molecule has 2 aromatic rings. The number of aliphatic hydroxyl groups excluding tert-OH is 1. The Morgan fingerprint density at radius 2 is 2.43 bits per heavy atom. The Labute approximate surface area is 123 Å². The molecular formula is C15H18N4O2. The second-order valence-corrected chi connectivity index (χ2v) is 5.51. The number of rotatable bonds is 3. The van der Waals surface area contributed by atoms with Crippen LogP contribution in [0.4, 0.5) is 5.82 Å². The molecule has 110 valence electrons. The van der Waals surface area contributed by atoms with E-state index in [1.807, 2.05) is 19.2 Å². The van der Waals surface area contributed by atoms with Gasteiger partial charge in [-0.1, -0.05) is 0 Å². The number of hydrogen-bond donors (Lipinski definition) is 2. The van der Waals surface area contributed by atoms with Crippen LogP contribution in [-0.2, 0) is 0 Å². The molecule has 0 bridgehead atoms. The zero-order valence-electron chi connectivity index (χ0n) is 11.9. The fraction of sp³-hybridized carbons (Fsp3) is 0.467. The first kappa shape index (κ1) is 13.9. The van der Waals surface area contributed by atoms with Gasteiger partial charge in [-0.15, -0.1) is 0 Å². The molecular weight excluding hydrogens is 268 g/mol. The zero-order chi connectivity index (χ0) is 14.8. The van der Waals surface area contributed by atoms with Gasteiger partial charge in [0.25, 0.3) is 0 Å². The highest BCUT2D eigenvalue weighted by Gasteiger charge is 2.25. The number of hydrogen-bond acceptors (Lipinski definition) is 6. The molecule has 0 aromatic carbocycles. The van der Waals surface area contributed by atoms with Gasteiger partial charge in [0.05, 0.1) is 12.8 Å². The van der Waals surface area contributed by atoms with Crippen molar-refractivity contribution in [3.05, 3.63) is 24.1 Å². The Kier molecular flexibility index (Phi) is 3.78. The van der Waals surface area contributed by atoms with Crippen molar-refractivity contribution < 1.29 is 9.52 Å². The molecule has 0 spiro atoms. The first-order valence-corrected chi connectivity index (χ1v) is 7.07. The van der Waals surface area contributed by atoms with E-state index >= 15 is 0 Å².